The van der Waals surface area contributed by atoms with Crippen molar-refractivity contribution < 1.29 is 14.3 Å². The molecule has 25 heavy (non-hydrogen) atoms. The van der Waals surface area contributed by atoms with E-state index >= 15 is 0 Å². The SMILES string of the molecule is COC[C@@]1(CC(=O)N(C)C)CN(Cc2cn[nH]c2C(C)(C)C)CCO1. The summed E-state index contributed by atoms with van der Waals surface area (Å²) in [5.41, 5.74) is 1.77. The maximum absolute atomic E-state index is 12.3. The first-order valence-electron chi connectivity index (χ1n) is 8.75. The van der Waals surface area contributed by atoms with E-state index in [2.05, 4.69) is 35.9 Å². The third-order valence-electron chi connectivity index (χ3n) is 4.57. The van der Waals surface area contributed by atoms with E-state index in [1.165, 1.54) is 5.56 Å². The van der Waals surface area contributed by atoms with E-state index in [1.807, 2.05) is 6.20 Å². The molecule has 1 aliphatic rings. The van der Waals surface area contributed by atoms with Gasteiger partial charge in [0.1, 0.15) is 5.60 Å². The number of ether oxygens (including phenoxy) is 2. The molecule has 1 aliphatic heterocycles. The number of carbonyl (C=O) groups is 1. The number of methoxy groups -OCH3 is 1. The second-order valence-electron chi connectivity index (χ2n) is 8.16. The maximum atomic E-state index is 12.3. The molecule has 142 valence electrons. The van der Waals surface area contributed by atoms with E-state index in [1.54, 1.807) is 26.1 Å². The van der Waals surface area contributed by atoms with Gasteiger partial charge in [-0.15, -0.1) is 0 Å². The first kappa shape index (κ1) is 19.9. The molecule has 1 aromatic rings. The van der Waals surface area contributed by atoms with Gasteiger partial charge in [-0.2, -0.15) is 5.10 Å². The van der Waals surface area contributed by atoms with E-state index < -0.39 is 5.60 Å². The van der Waals surface area contributed by atoms with Gasteiger partial charge in [0.25, 0.3) is 0 Å². The highest BCUT2D eigenvalue weighted by Crippen LogP contribution is 2.28. The minimum atomic E-state index is -0.597. The van der Waals surface area contributed by atoms with Gasteiger partial charge >= 0.3 is 0 Å². The number of aromatic amines is 1. The summed E-state index contributed by atoms with van der Waals surface area (Å²) >= 11 is 0. The lowest BCUT2D eigenvalue weighted by molar-refractivity contribution is -0.160. The molecule has 0 spiro atoms. The summed E-state index contributed by atoms with van der Waals surface area (Å²) in [6.07, 6.45) is 2.22. The van der Waals surface area contributed by atoms with Crippen molar-refractivity contribution in [1.29, 1.82) is 0 Å². The predicted molar refractivity (Wildman–Crippen MR) is 96.4 cm³/mol. The van der Waals surface area contributed by atoms with Gasteiger partial charge in [-0.25, -0.2) is 0 Å². The molecular formula is C18H32N4O3. The lowest BCUT2D eigenvalue weighted by Gasteiger charge is -2.42. The van der Waals surface area contributed by atoms with Crippen molar-refractivity contribution >= 4 is 5.91 Å². The molecular weight excluding hydrogens is 320 g/mol. The second kappa shape index (κ2) is 7.85. The normalized spacial score (nSPS) is 22.2. The summed E-state index contributed by atoms with van der Waals surface area (Å²) in [5, 5.41) is 7.36. The highest BCUT2D eigenvalue weighted by molar-refractivity contribution is 5.76. The number of nitrogens with zero attached hydrogens (tertiary/aromatic N) is 3. The van der Waals surface area contributed by atoms with Gasteiger partial charge in [-0.1, -0.05) is 20.8 Å². The van der Waals surface area contributed by atoms with Gasteiger partial charge in [0.2, 0.25) is 5.91 Å². The summed E-state index contributed by atoms with van der Waals surface area (Å²) in [4.78, 5) is 16.2. The van der Waals surface area contributed by atoms with Gasteiger partial charge < -0.3 is 14.4 Å². The van der Waals surface area contributed by atoms with Crippen LogP contribution in [0.4, 0.5) is 0 Å². The Kier molecular flexibility index (Phi) is 6.24. The molecule has 0 bridgehead atoms. The van der Waals surface area contributed by atoms with Crippen molar-refractivity contribution in [3.63, 3.8) is 0 Å². The number of rotatable bonds is 6. The lowest BCUT2D eigenvalue weighted by atomic mass is 9.89. The van der Waals surface area contributed by atoms with Crippen LogP contribution in [-0.4, -0.2) is 79.0 Å². The van der Waals surface area contributed by atoms with Gasteiger partial charge in [0.05, 0.1) is 25.8 Å². The summed E-state index contributed by atoms with van der Waals surface area (Å²) in [6, 6.07) is 0. The van der Waals surface area contributed by atoms with Crippen LogP contribution in [0.5, 0.6) is 0 Å². The smallest absolute Gasteiger partial charge is 0.225 e. The molecule has 1 aromatic heterocycles. The fraction of sp³-hybridized carbons (Fsp3) is 0.778. The maximum Gasteiger partial charge on any atom is 0.225 e. The summed E-state index contributed by atoms with van der Waals surface area (Å²) < 4.78 is 11.4. The van der Waals surface area contributed by atoms with E-state index in [4.69, 9.17) is 9.47 Å². The Hall–Kier alpha value is -1.44. The zero-order chi connectivity index (χ0) is 18.7. The molecule has 1 saturated heterocycles. The Morgan fingerprint density at radius 2 is 2.20 bits per heavy atom. The molecule has 1 fully saturated rings. The van der Waals surface area contributed by atoms with E-state index in [0.717, 1.165) is 18.8 Å². The quantitative estimate of drug-likeness (QED) is 0.838. The van der Waals surface area contributed by atoms with Crippen molar-refractivity contribution in [2.45, 2.75) is 44.8 Å². The lowest BCUT2D eigenvalue weighted by Crippen LogP contribution is -2.55. The molecule has 7 heteroatoms. The third-order valence-corrected chi connectivity index (χ3v) is 4.57. The van der Waals surface area contributed by atoms with Crippen LogP contribution in [0.2, 0.25) is 0 Å². The Labute approximate surface area is 150 Å². The van der Waals surface area contributed by atoms with E-state index in [0.29, 0.717) is 26.2 Å². The molecule has 2 rings (SSSR count). The van der Waals surface area contributed by atoms with Gasteiger partial charge in [0, 0.05) is 57.5 Å². The second-order valence-corrected chi connectivity index (χ2v) is 8.16. The summed E-state index contributed by atoms with van der Waals surface area (Å²) in [7, 11) is 5.19. The number of H-pyrrole nitrogens is 1. The van der Waals surface area contributed by atoms with Crippen molar-refractivity contribution in [2.75, 3.05) is 47.5 Å². The van der Waals surface area contributed by atoms with Crippen LogP contribution in [0.1, 0.15) is 38.4 Å². The summed E-state index contributed by atoms with van der Waals surface area (Å²) in [5.74, 6) is 0.0533. The molecule has 1 atom stereocenters. The molecule has 1 N–H and O–H groups in total. The molecule has 0 aromatic carbocycles. The number of aromatic nitrogens is 2. The van der Waals surface area contributed by atoms with E-state index in [9.17, 15) is 4.79 Å². The van der Waals surface area contributed by atoms with Crippen molar-refractivity contribution in [3.8, 4) is 0 Å². The predicted octanol–water partition coefficient (Wildman–Crippen LogP) is 1.40. The Bertz CT molecular complexity index is 575. The standard InChI is InChI=1S/C18H32N4O3/c1-17(2,3)16-14(10-19-20-16)11-22-7-8-25-18(12-22,13-24-6)9-15(23)21(4)5/h10H,7-9,11-13H2,1-6H3,(H,19,20)/t18-/m1/s1. The minimum absolute atomic E-state index is 0.0165. The Balaban J connectivity index is 2.13. The fourth-order valence-electron chi connectivity index (χ4n) is 3.32. The molecule has 0 radical (unpaired) electrons. The van der Waals surface area contributed by atoms with Crippen LogP contribution in [-0.2, 0) is 26.2 Å². The molecule has 0 unspecified atom stereocenters. The number of nitrogens with one attached hydrogen (secondary N) is 1. The zero-order valence-corrected chi connectivity index (χ0v) is 16.4. The third kappa shape index (κ3) is 5.03. The molecule has 7 nitrogen and oxygen atoms in total. The van der Waals surface area contributed by atoms with Crippen molar-refractivity contribution in [3.05, 3.63) is 17.5 Å². The van der Waals surface area contributed by atoms with Crippen LogP contribution in [0.3, 0.4) is 0 Å². The Morgan fingerprint density at radius 1 is 1.48 bits per heavy atom. The Morgan fingerprint density at radius 3 is 2.80 bits per heavy atom. The van der Waals surface area contributed by atoms with Crippen LogP contribution < -0.4 is 0 Å². The fourth-order valence-corrected chi connectivity index (χ4v) is 3.32. The average Bonchev–Trinajstić information content (AvgIpc) is 2.95. The highest BCUT2D eigenvalue weighted by Gasteiger charge is 2.39. The molecule has 0 saturated carbocycles. The van der Waals surface area contributed by atoms with Gasteiger partial charge in [0.15, 0.2) is 0 Å². The number of hydrogen-bond donors (Lipinski definition) is 1. The number of hydrogen-bond acceptors (Lipinski definition) is 5. The largest absolute Gasteiger partial charge is 0.382 e. The molecule has 0 aliphatic carbocycles. The zero-order valence-electron chi connectivity index (χ0n) is 16.4. The van der Waals surface area contributed by atoms with Crippen LogP contribution in [0.15, 0.2) is 6.20 Å². The van der Waals surface area contributed by atoms with Crippen molar-refractivity contribution in [1.82, 2.24) is 20.0 Å². The minimum Gasteiger partial charge on any atom is -0.382 e. The molecule has 2 heterocycles. The first-order valence-corrected chi connectivity index (χ1v) is 8.75. The number of carbonyl (C=O) groups excluding carboxylic acids is 1. The molecule has 1 amide bonds. The monoisotopic (exact) mass is 352 g/mol. The van der Waals surface area contributed by atoms with E-state index in [-0.39, 0.29) is 11.3 Å². The average molecular weight is 352 g/mol. The van der Waals surface area contributed by atoms with Crippen molar-refractivity contribution in [2.24, 2.45) is 0 Å². The number of morpholine rings is 1. The van der Waals surface area contributed by atoms with Crippen LogP contribution in [0, 0.1) is 0 Å². The van der Waals surface area contributed by atoms with Crippen LogP contribution in [0.25, 0.3) is 0 Å². The topological polar surface area (TPSA) is 70.7 Å². The highest BCUT2D eigenvalue weighted by atomic mass is 16.5. The van der Waals surface area contributed by atoms with Crippen LogP contribution >= 0.6 is 0 Å². The summed E-state index contributed by atoms with van der Waals surface area (Å²) in [6.45, 7) is 9.80. The van der Waals surface area contributed by atoms with Gasteiger partial charge in [-0.3, -0.25) is 14.8 Å². The van der Waals surface area contributed by atoms with Gasteiger partial charge in [-0.05, 0) is 0 Å². The number of amides is 1. The first-order chi connectivity index (χ1) is 11.7.